The maximum Gasteiger partial charge on any atom is 0.272 e. The van der Waals surface area contributed by atoms with Gasteiger partial charge in [-0.15, -0.1) is 0 Å². The van der Waals surface area contributed by atoms with Crippen LogP contribution in [0.2, 0.25) is 0 Å². The molecule has 0 radical (unpaired) electrons. The third kappa shape index (κ3) is 3.27. The van der Waals surface area contributed by atoms with Gasteiger partial charge in [-0.1, -0.05) is 24.3 Å². The number of alkyl halides is 2. The van der Waals surface area contributed by atoms with Crippen molar-refractivity contribution in [3.05, 3.63) is 42.1 Å². The first-order valence-electron chi connectivity index (χ1n) is 6.25. The number of halogens is 2. The number of aromatic nitrogens is 1. The quantitative estimate of drug-likeness (QED) is 0.909. The molecule has 0 spiro atoms. The fraction of sp³-hybridized carbons (Fsp3) is 0.286. The molecule has 0 fully saturated rings. The monoisotopic (exact) mass is 279 g/mol. The molecule has 2 N–H and O–H groups in total. The maximum absolute atomic E-state index is 12.5. The summed E-state index contributed by atoms with van der Waals surface area (Å²) >= 11 is 0. The molecule has 1 amide bonds. The summed E-state index contributed by atoms with van der Waals surface area (Å²) in [7, 11) is 0. The van der Waals surface area contributed by atoms with Gasteiger partial charge in [-0.05, 0) is 12.1 Å². The van der Waals surface area contributed by atoms with E-state index in [4.69, 9.17) is 5.73 Å². The van der Waals surface area contributed by atoms with Gasteiger partial charge in [0.2, 0.25) is 0 Å². The average molecular weight is 279 g/mol. The van der Waals surface area contributed by atoms with Gasteiger partial charge in [-0.3, -0.25) is 4.79 Å². The Hall–Kier alpha value is -2.08. The smallest absolute Gasteiger partial charge is 0.272 e. The van der Waals surface area contributed by atoms with Crippen LogP contribution in [0.5, 0.6) is 0 Å². The number of para-hydroxylation sites is 1. The number of pyridine rings is 1. The summed E-state index contributed by atoms with van der Waals surface area (Å²) in [6, 6.07) is 10.6. The van der Waals surface area contributed by atoms with Crippen molar-refractivity contribution in [2.45, 2.75) is 6.43 Å². The van der Waals surface area contributed by atoms with Crippen LogP contribution in [0.3, 0.4) is 0 Å². The van der Waals surface area contributed by atoms with Gasteiger partial charge in [0.25, 0.3) is 12.3 Å². The molecule has 0 atom stereocenters. The number of benzene rings is 1. The molecular weight excluding hydrogens is 264 g/mol. The molecule has 1 aromatic carbocycles. The Morgan fingerprint density at radius 3 is 2.70 bits per heavy atom. The highest BCUT2D eigenvalue weighted by molar-refractivity contribution is 5.94. The fourth-order valence-corrected chi connectivity index (χ4v) is 1.95. The van der Waals surface area contributed by atoms with Gasteiger partial charge in [0.15, 0.2) is 0 Å². The molecular formula is C14H15F2N3O. The van der Waals surface area contributed by atoms with Crippen LogP contribution >= 0.6 is 0 Å². The van der Waals surface area contributed by atoms with Gasteiger partial charge < -0.3 is 10.6 Å². The number of hydrogen-bond donors (Lipinski definition) is 1. The van der Waals surface area contributed by atoms with Crippen LogP contribution in [0.25, 0.3) is 10.9 Å². The number of nitrogens with zero attached hydrogens (tertiary/aromatic N) is 2. The second-order valence-electron chi connectivity index (χ2n) is 4.32. The molecule has 0 saturated heterocycles. The van der Waals surface area contributed by atoms with Gasteiger partial charge in [0, 0.05) is 18.5 Å². The number of nitrogens with two attached hydrogens (primary N) is 1. The average Bonchev–Trinajstić information content (AvgIpc) is 2.45. The molecule has 1 heterocycles. The molecule has 0 unspecified atom stereocenters. The summed E-state index contributed by atoms with van der Waals surface area (Å²) in [4.78, 5) is 17.4. The molecule has 2 rings (SSSR count). The zero-order valence-corrected chi connectivity index (χ0v) is 10.8. The minimum Gasteiger partial charge on any atom is -0.330 e. The second kappa shape index (κ2) is 6.38. The molecule has 2 aromatic rings. The van der Waals surface area contributed by atoms with Crippen LogP contribution in [0, 0.1) is 0 Å². The summed E-state index contributed by atoms with van der Waals surface area (Å²) in [6.45, 7) is -0.422. The molecule has 0 saturated carbocycles. The Bertz CT molecular complexity index is 604. The third-order valence-corrected chi connectivity index (χ3v) is 2.86. The largest absolute Gasteiger partial charge is 0.330 e. The highest BCUT2D eigenvalue weighted by Crippen LogP contribution is 2.13. The third-order valence-electron chi connectivity index (χ3n) is 2.86. The Kier molecular flexibility index (Phi) is 4.57. The highest BCUT2D eigenvalue weighted by atomic mass is 19.3. The lowest BCUT2D eigenvalue weighted by Crippen LogP contribution is -2.39. The van der Waals surface area contributed by atoms with E-state index in [9.17, 15) is 13.6 Å². The van der Waals surface area contributed by atoms with Crippen LogP contribution in [-0.4, -0.2) is 41.9 Å². The van der Waals surface area contributed by atoms with Crippen LogP contribution in [0.1, 0.15) is 10.5 Å². The van der Waals surface area contributed by atoms with Crippen LogP contribution in [0.4, 0.5) is 8.78 Å². The second-order valence-corrected chi connectivity index (χ2v) is 4.32. The molecule has 106 valence electrons. The summed E-state index contributed by atoms with van der Waals surface area (Å²) < 4.78 is 25.0. The van der Waals surface area contributed by atoms with Gasteiger partial charge >= 0.3 is 0 Å². The van der Waals surface area contributed by atoms with Gasteiger partial charge in [-0.2, -0.15) is 0 Å². The van der Waals surface area contributed by atoms with E-state index >= 15 is 0 Å². The molecule has 0 aliphatic rings. The lowest BCUT2D eigenvalue weighted by Gasteiger charge is -2.21. The van der Waals surface area contributed by atoms with Crippen molar-refractivity contribution >= 4 is 16.8 Å². The SMILES string of the molecule is NCCN(CC(F)F)C(=O)c1ccc2ccccc2n1. The lowest BCUT2D eigenvalue weighted by atomic mass is 10.2. The molecule has 0 aliphatic heterocycles. The van der Waals surface area contributed by atoms with E-state index < -0.39 is 18.9 Å². The summed E-state index contributed by atoms with van der Waals surface area (Å²) in [5.74, 6) is -0.526. The van der Waals surface area contributed by atoms with Crippen molar-refractivity contribution in [2.24, 2.45) is 5.73 Å². The number of carbonyl (C=O) groups excluding carboxylic acids is 1. The first-order valence-corrected chi connectivity index (χ1v) is 6.25. The van der Waals surface area contributed by atoms with E-state index in [1.54, 1.807) is 24.3 Å². The van der Waals surface area contributed by atoms with Crippen molar-refractivity contribution in [3.63, 3.8) is 0 Å². The summed E-state index contributed by atoms with van der Waals surface area (Å²) in [6.07, 6.45) is -2.59. The minimum absolute atomic E-state index is 0.0810. The minimum atomic E-state index is -2.59. The zero-order valence-electron chi connectivity index (χ0n) is 10.8. The predicted octanol–water partition coefficient (Wildman–Crippen LogP) is 1.90. The van der Waals surface area contributed by atoms with Gasteiger partial charge in [0.1, 0.15) is 5.69 Å². The van der Waals surface area contributed by atoms with E-state index in [0.717, 1.165) is 10.3 Å². The van der Waals surface area contributed by atoms with E-state index in [-0.39, 0.29) is 18.8 Å². The first kappa shape index (κ1) is 14.3. The lowest BCUT2D eigenvalue weighted by molar-refractivity contribution is 0.0558. The fourth-order valence-electron chi connectivity index (χ4n) is 1.95. The van der Waals surface area contributed by atoms with E-state index in [0.29, 0.717) is 5.52 Å². The van der Waals surface area contributed by atoms with Crippen LogP contribution in [0.15, 0.2) is 36.4 Å². The van der Waals surface area contributed by atoms with Gasteiger partial charge in [-0.25, -0.2) is 13.8 Å². The van der Waals surface area contributed by atoms with Crippen molar-refractivity contribution in [1.29, 1.82) is 0 Å². The van der Waals surface area contributed by atoms with Gasteiger partial charge in [0.05, 0.1) is 12.1 Å². The topological polar surface area (TPSA) is 59.2 Å². The number of rotatable bonds is 5. The number of amides is 1. The zero-order chi connectivity index (χ0) is 14.5. The number of fused-ring (bicyclic) bond motifs is 1. The van der Waals surface area contributed by atoms with E-state index in [2.05, 4.69) is 4.98 Å². The maximum atomic E-state index is 12.5. The Morgan fingerprint density at radius 1 is 1.25 bits per heavy atom. The summed E-state index contributed by atoms with van der Waals surface area (Å²) in [5.41, 5.74) is 6.16. The van der Waals surface area contributed by atoms with E-state index in [1.165, 1.54) is 0 Å². The highest BCUT2D eigenvalue weighted by Gasteiger charge is 2.20. The molecule has 4 nitrogen and oxygen atoms in total. The molecule has 20 heavy (non-hydrogen) atoms. The predicted molar refractivity (Wildman–Crippen MR) is 72.7 cm³/mol. The van der Waals surface area contributed by atoms with Crippen molar-refractivity contribution < 1.29 is 13.6 Å². The standard InChI is InChI=1S/C14H15F2N3O/c15-13(16)9-19(8-7-17)14(20)12-6-5-10-3-1-2-4-11(10)18-12/h1-6,13H,7-9,17H2. The van der Waals surface area contributed by atoms with Crippen molar-refractivity contribution in [1.82, 2.24) is 9.88 Å². The summed E-state index contributed by atoms with van der Waals surface area (Å²) in [5, 5.41) is 0.892. The van der Waals surface area contributed by atoms with E-state index in [1.807, 2.05) is 12.1 Å². The molecule has 0 aliphatic carbocycles. The van der Waals surface area contributed by atoms with Crippen molar-refractivity contribution in [3.8, 4) is 0 Å². The first-order chi connectivity index (χ1) is 9.61. The Labute approximate surface area is 115 Å². The van der Waals surface area contributed by atoms with Crippen LogP contribution < -0.4 is 5.73 Å². The van der Waals surface area contributed by atoms with Crippen molar-refractivity contribution in [2.75, 3.05) is 19.6 Å². The molecule has 1 aromatic heterocycles. The normalized spacial score (nSPS) is 11.0. The molecule has 6 heteroatoms. The number of carbonyl (C=O) groups is 1. The molecule has 0 bridgehead atoms. The number of hydrogen-bond acceptors (Lipinski definition) is 3. The Morgan fingerprint density at radius 2 is 2.00 bits per heavy atom. The Balaban J connectivity index is 2.28. The van der Waals surface area contributed by atoms with Crippen LogP contribution in [-0.2, 0) is 0 Å².